The summed E-state index contributed by atoms with van der Waals surface area (Å²) in [6.45, 7) is 0. The van der Waals surface area contributed by atoms with Gasteiger partial charge in [0.05, 0.1) is 41.0 Å². The largest absolute Gasteiger partial charge is 0.478 e. The SMILES string of the molecule is COC(=O)c1cccc2c1Nc1cccc(C(=O)O)c1N2. The van der Waals surface area contributed by atoms with E-state index in [2.05, 4.69) is 10.6 Å². The third kappa shape index (κ3) is 2.06. The van der Waals surface area contributed by atoms with Gasteiger partial charge in [0.2, 0.25) is 0 Å². The quantitative estimate of drug-likeness (QED) is 0.627. The highest BCUT2D eigenvalue weighted by molar-refractivity contribution is 6.07. The van der Waals surface area contributed by atoms with Crippen molar-refractivity contribution in [2.45, 2.75) is 0 Å². The second-order valence-electron chi connectivity index (χ2n) is 4.50. The number of carbonyl (C=O) groups excluding carboxylic acids is 1. The molecule has 3 N–H and O–H groups in total. The average molecular weight is 284 g/mol. The van der Waals surface area contributed by atoms with Crippen molar-refractivity contribution in [3.8, 4) is 0 Å². The summed E-state index contributed by atoms with van der Waals surface area (Å²) in [6, 6.07) is 10.0. The molecule has 1 aliphatic heterocycles. The highest BCUT2D eigenvalue weighted by Crippen LogP contribution is 2.42. The lowest BCUT2D eigenvalue weighted by Gasteiger charge is -2.25. The first-order valence-electron chi connectivity index (χ1n) is 6.23. The molecule has 21 heavy (non-hydrogen) atoms. The standard InChI is InChI=1S/C15H12N2O4/c1-21-15(20)9-5-3-7-11-13(9)17-10-6-2-4-8(14(18)19)12(10)16-11/h2-7,16-17H,1H3,(H,18,19). The van der Waals surface area contributed by atoms with Crippen molar-refractivity contribution in [2.75, 3.05) is 17.7 Å². The van der Waals surface area contributed by atoms with Gasteiger partial charge in [-0.05, 0) is 24.3 Å². The molecule has 0 fully saturated rings. The molecule has 6 nitrogen and oxygen atoms in total. The molecule has 1 aliphatic rings. The monoisotopic (exact) mass is 284 g/mol. The van der Waals surface area contributed by atoms with Gasteiger partial charge in [-0.1, -0.05) is 12.1 Å². The Morgan fingerprint density at radius 2 is 1.48 bits per heavy atom. The fraction of sp³-hybridized carbons (Fsp3) is 0.0667. The molecule has 2 aromatic carbocycles. The summed E-state index contributed by atoms with van der Waals surface area (Å²) < 4.78 is 4.75. The lowest BCUT2D eigenvalue weighted by atomic mass is 10.0. The summed E-state index contributed by atoms with van der Waals surface area (Å²) in [5, 5.41) is 15.4. The highest BCUT2D eigenvalue weighted by atomic mass is 16.5. The minimum atomic E-state index is -1.02. The van der Waals surface area contributed by atoms with Crippen LogP contribution in [0.25, 0.3) is 0 Å². The predicted molar refractivity (Wildman–Crippen MR) is 77.7 cm³/mol. The number of carboxylic acids is 1. The Hall–Kier alpha value is -3.02. The highest BCUT2D eigenvalue weighted by Gasteiger charge is 2.24. The van der Waals surface area contributed by atoms with Gasteiger partial charge < -0.3 is 20.5 Å². The molecule has 0 saturated heterocycles. The van der Waals surface area contributed by atoms with Crippen LogP contribution in [0.2, 0.25) is 0 Å². The molecule has 0 saturated carbocycles. The number of nitrogens with one attached hydrogen (secondary N) is 2. The summed E-state index contributed by atoms with van der Waals surface area (Å²) >= 11 is 0. The van der Waals surface area contributed by atoms with E-state index in [1.165, 1.54) is 13.2 Å². The van der Waals surface area contributed by atoms with Crippen molar-refractivity contribution < 1.29 is 19.4 Å². The Balaban J connectivity index is 2.12. The van der Waals surface area contributed by atoms with E-state index in [-0.39, 0.29) is 5.56 Å². The molecular formula is C15H12N2O4. The molecule has 106 valence electrons. The van der Waals surface area contributed by atoms with E-state index in [0.29, 0.717) is 28.3 Å². The minimum absolute atomic E-state index is 0.161. The van der Waals surface area contributed by atoms with Crippen molar-refractivity contribution in [1.82, 2.24) is 0 Å². The Bertz CT molecular complexity index is 755. The maximum atomic E-state index is 11.8. The zero-order valence-corrected chi connectivity index (χ0v) is 11.1. The predicted octanol–water partition coefficient (Wildman–Crippen LogP) is 2.97. The molecule has 0 unspecified atom stereocenters. The van der Waals surface area contributed by atoms with Crippen molar-refractivity contribution in [1.29, 1.82) is 0 Å². The number of benzene rings is 2. The van der Waals surface area contributed by atoms with Crippen molar-refractivity contribution >= 4 is 34.7 Å². The molecule has 3 rings (SSSR count). The van der Waals surface area contributed by atoms with E-state index in [0.717, 1.165) is 0 Å². The van der Waals surface area contributed by atoms with Gasteiger partial charge >= 0.3 is 11.9 Å². The topological polar surface area (TPSA) is 87.7 Å². The third-order valence-corrected chi connectivity index (χ3v) is 3.28. The number of fused-ring (bicyclic) bond motifs is 2. The van der Waals surface area contributed by atoms with E-state index in [9.17, 15) is 14.7 Å². The van der Waals surface area contributed by atoms with E-state index >= 15 is 0 Å². The summed E-state index contributed by atoms with van der Waals surface area (Å²) in [6.07, 6.45) is 0. The number of carbonyl (C=O) groups is 2. The number of para-hydroxylation sites is 2. The second-order valence-corrected chi connectivity index (χ2v) is 4.50. The summed E-state index contributed by atoms with van der Waals surface area (Å²) in [7, 11) is 1.31. The number of hydrogen-bond acceptors (Lipinski definition) is 5. The van der Waals surface area contributed by atoms with Crippen LogP contribution in [0.15, 0.2) is 36.4 Å². The molecule has 0 bridgehead atoms. The number of anilines is 4. The Morgan fingerprint density at radius 3 is 2.00 bits per heavy atom. The Morgan fingerprint density at radius 1 is 0.952 bits per heavy atom. The number of aromatic carboxylic acids is 1. The molecule has 1 heterocycles. The first-order chi connectivity index (χ1) is 10.1. The molecule has 0 aliphatic carbocycles. The van der Waals surface area contributed by atoms with Crippen LogP contribution in [0.3, 0.4) is 0 Å². The number of methoxy groups -OCH3 is 1. The van der Waals surface area contributed by atoms with Gasteiger partial charge in [0.1, 0.15) is 0 Å². The number of hydrogen-bond donors (Lipinski definition) is 3. The Labute approximate surface area is 120 Å². The van der Waals surface area contributed by atoms with E-state index in [1.807, 2.05) is 0 Å². The average Bonchev–Trinajstić information content (AvgIpc) is 2.50. The van der Waals surface area contributed by atoms with E-state index < -0.39 is 11.9 Å². The van der Waals surface area contributed by atoms with Crippen LogP contribution in [0.5, 0.6) is 0 Å². The summed E-state index contributed by atoms with van der Waals surface area (Å²) in [5.74, 6) is -1.48. The molecule has 6 heteroatoms. The van der Waals surface area contributed by atoms with Crippen molar-refractivity contribution in [2.24, 2.45) is 0 Å². The smallest absolute Gasteiger partial charge is 0.340 e. The van der Waals surface area contributed by atoms with Crippen LogP contribution < -0.4 is 10.6 Å². The fourth-order valence-corrected chi connectivity index (χ4v) is 2.31. The van der Waals surface area contributed by atoms with Crippen LogP contribution >= 0.6 is 0 Å². The van der Waals surface area contributed by atoms with E-state index in [4.69, 9.17) is 4.74 Å². The van der Waals surface area contributed by atoms with Gasteiger partial charge in [0.15, 0.2) is 0 Å². The molecule has 0 amide bonds. The molecule has 0 spiro atoms. The fourth-order valence-electron chi connectivity index (χ4n) is 2.31. The van der Waals surface area contributed by atoms with E-state index in [1.54, 1.807) is 30.3 Å². The minimum Gasteiger partial charge on any atom is -0.478 e. The normalized spacial score (nSPS) is 11.5. The van der Waals surface area contributed by atoms with Gasteiger partial charge in [-0.15, -0.1) is 0 Å². The summed E-state index contributed by atoms with van der Waals surface area (Å²) in [4.78, 5) is 23.1. The van der Waals surface area contributed by atoms with Crippen LogP contribution in [0.4, 0.5) is 22.7 Å². The molecule has 0 aromatic heterocycles. The zero-order valence-electron chi connectivity index (χ0n) is 11.1. The molecular weight excluding hydrogens is 272 g/mol. The molecule has 0 atom stereocenters. The lowest BCUT2D eigenvalue weighted by molar-refractivity contribution is 0.0601. The van der Waals surface area contributed by atoms with Crippen molar-refractivity contribution in [3.63, 3.8) is 0 Å². The van der Waals surface area contributed by atoms with Gasteiger partial charge in [-0.2, -0.15) is 0 Å². The first-order valence-corrected chi connectivity index (χ1v) is 6.23. The van der Waals surface area contributed by atoms with Crippen LogP contribution in [0.1, 0.15) is 20.7 Å². The maximum absolute atomic E-state index is 11.8. The maximum Gasteiger partial charge on any atom is 0.340 e. The first kappa shape index (κ1) is 13.0. The zero-order chi connectivity index (χ0) is 15.0. The number of carboxylic acid groups (broad SMARTS) is 1. The van der Waals surface area contributed by atoms with Crippen molar-refractivity contribution in [3.05, 3.63) is 47.5 Å². The Kier molecular flexibility index (Phi) is 2.98. The number of rotatable bonds is 2. The number of ether oxygens (including phenoxy) is 1. The summed E-state index contributed by atoms with van der Waals surface area (Å²) in [5.41, 5.74) is 2.81. The lowest BCUT2D eigenvalue weighted by Crippen LogP contribution is -2.14. The van der Waals surface area contributed by atoms with Crippen LogP contribution in [-0.2, 0) is 4.74 Å². The van der Waals surface area contributed by atoms with Gasteiger partial charge in [-0.25, -0.2) is 9.59 Å². The number of esters is 1. The molecule has 2 aromatic rings. The van der Waals surface area contributed by atoms with Gasteiger partial charge in [-0.3, -0.25) is 0 Å². The van der Waals surface area contributed by atoms with Gasteiger partial charge in [0.25, 0.3) is 0 Å². The van der Waals surface area contributed by atoms with Crippen LogP contribution in [0, 0.1) is 0 Å². The van der Waals surface area contributed by atoms with Gasteiger partial charge in [0, 0.05) is 0 Å². The molecule has 0 radical (unpaired) electrons. The second kappa shape index (κ2) is 4.82. The van der Waals surface area contributed by atoms with Crippen LogP contribution in [-0.4, -0.2) is 24.2 Å². The third-order valence-electron chi connectivity index (χ3n) is 3.28.